The Morgan fingerprint density at radius 1 is 1.26 bits per heavy atom. The van der Waals surface area contributed by atoms with Gasteiger partial charge in [-0.25, -0.2) is 15.0 Å². The van der Waals surface area contributed by atoms with Crippen molar-refractivity contribution in [3.63, 3.8) is 0 Å². The van der Waals surface area contributed by atoms with Crippen LogP contribution < -0.4 is 11.1 Å². The van der Waals surface area contributed by atoms with Crippen LogP contribution in [0.25, 0.3) is 0 Å². The van der Waals surface area contributed by atoms with Crippen molar-refractivity contribution >= 4 is 5.82 Å². The first-order valence-electron chi connectivity index (χ1n) is 6.42. The van der Waals surface area contributed by atoms with Gasteiger partial charge < -0.3 is 11.1 Å². The van der Waals surface area contributed by atoms with Gasteiger partial charge in [-0.1, -0.05) is 6.92 Å². The predicted molar refractivity (Wildman–Crippen MR) is 75.5 cm³/mol. The zero-order valence-electron chi connectivity index (χ0n) is 11.3. The van der Waals surface area contributed by atoms with E-state index in [0.29, 0.717) is 5.82 Å². The Balaban J connectivity index is 2.21. The molecule has 5 heteroatoms. The number of hydrogen-bond acceptors (Lipinski definition) is 5. The van der Waals surface area contributed by atoms with E-state index in [1.807, 2.05) is 25.1 Å². The molecule has 0 amide bonds. The number of likely N-dealkylation sites (N-methyl/N-ethyl adjacent to an activating group) is 1. The molecule has 0 bridgehead atoms. The summed E-state index contributed by atoms with van der Waals surface area (Å²) in [4.78, 5) is 12.6. The van der Waals surface area contributed by atoms with Crippen molar-refractivity contribution in [2.45, 2.75) is 26.3 Å². The highest BCUT2D eigenvalue weighted by Gasteiger charge is 2.13. The number of rotatable bonds is 5. The number of aromatic nitrogens is 3. The van der Waals surface area contributed by atoms with E-state index in [1.165, 1.54) is 0 Å². The highest BCUT2D eigenvalue weighted by Crippen LogP contribution is 2.17. The minimum atomic E-state index is 0.161. The number of nitrogens with zero attached hydrogens (tertiary/aromatic N) is 3. The van der Waals surface area contributed by atoms with Gasteiger partial charge in [0.25, 0.3) is 0 Å². The lowest BCUT2D eigenvalue weighted by Crippen LogP contribution is -2.24. The Labute approximate surface area is 113 Å². The smallest absolute Gasteiger partial charge is 0.125 e. The molecule has 0 saturated carbocycles. The van der Waals surface area contributed by atoms with E-state index in [0.717, 1.165) is 30.0 Å². The van der Waals surface area contributed by atoms with Gasteiger partial charge in [-0.3, -0.25) is 0 Å². The van der Waals surface area contributed by atoms with Gasteiger partial charge in [0.2, 0.25) is 0 Å². The molecule has 0 saturated heterocycles. The monoisotopic (exact) mass is 257 g/mol. The fraction of sp³-hybridized carbons (Fsp3) is 0.357. The van der Waals surface area contributed by atoms with Crippen LogP contribution in [0, 0.1) is 6.92 Å². The summed E-state index contributed by atoms with van der Waals surface area (Å²) >= 11 is 0. The fourth-order valence-corrected chi connectivity index (χ4v) is 2.05. The second-order valence-electron chi connectivity index (χ2n) is 4.43. The molecule has 0 aliphatic heterocycles. The van der Waals surface area contributed by atoms with E-state index < -0.39 is 0 Å². The fourth-order valence-electron chi connectivity index (χ4n) is 2.05. The molecule has 3 N–H and O–H groups in total. The van der Waals surface area contributed by atoms with Crippen molar-refractivity contribution in [1.82, 2.24) is 20.3 Å². The number of nitrogens with two attached hydrogens (primary N) is 1. The van der Waals surface area contributed by atoms with Crippen LogP contribution in [0.15, 0.2) is 30.6 Å². The van der Waals surface area contributed by atoms with Crippen LogP contribution in [-0.4, -0.2) is 21.5 Å². The van der Waals surface area contributed by atoms with Crippen LogP contribution in [-0.2, 0) is 6.42 Å². The zero-order valence-corrected chi connectivity index (χ0v) is 11.3. The third-order valence-electron chi connectivity index (χ3n) is 2.89. The third-order valence-corrected chi connectivity index (χ3v) is 2.89. The van der Waals surface area contributed by atoms with Crippen LogP contribution in [0.3, 0.4) is 0 Å². The van der Waals surface area contributed by atoms with Crippen molar-refractivity contribution in [3.05, 3.63) is 47.7 Å². The van der Waals surface area contributed by atoms with Gasteiger partial charge in [0.15, 0.2) is 0 Å². The van der Waals surface area contributed by atoms with Gasteiger partial charge in [0, 0.05) is 12.4 Å². The van der Waals surface area contributed by atoms with E-state index in [2.05, 4.69) is 27.2 Å². The van der Waals surface area contributed by atoms with Crippen LogP contribution in [0.2, 0.25) is 0 Å². The molecule has 0 aliphatic carbocycles. The summed E-state index contributed by atoms with van der Waals surface area (Å²) in [5, 5.41) is 3.44. The first-order chi connectivity index (χ1) is 9.19. The second-order valence-corrected chi connectivity index (χ2v) is 4.43. The Morgan fingerprint density at radius 3 is 2.74 bits per heavy atom. The molecule has 100 valence electrons. The molecule has 1 unspecified atom stereocenters. The summed E-state index contributed by atoms with van der Waals surface area (Å²) in [5.41, 5.74) is 7.87. The van der Waals surface area contributed by atoms with Gasteiger partial charge in [-0.15, -0.1) is 0 Å². The molecule has 5 nitrogen and oxygen atoms in total. The average Bonchev–Trinajstić information content (AvgIpc) is 2.38. The maximum absolute atomic E-state index is 5.71. The first kappa shape index (κ1) is 13.4. The van der Waals surface area contributed by atoms with Crippen molar-refractivity contribution in [2.75, 3.05) is 12.3 Å². The molecule has 2 rings (SSSR count). The summed E-state index contributed by atoms with van der Waals surface area (Å²) in [7, 11) is 0. The van der Waals surface area contributed by atoms with Gasteiger partial charge in [0.05, 0.1) is 11.7 Å². The minimum Gasteiger partial charge on any atom is -0.384 e. The molecule has 2 aromatic rings. The van der Waals surface area contributed by atoms with Crippen LogP contribution in [0.5, 0.6) is 0 Å². The van der Waals surface area contributed by atoms with Gasteiger partial charge >= 0.3 is 0 Å². The Morgan fingerprint density at radius 2 is 2.05 bits per heavy atom. The molecule has 0 radical (unpaired) electrons. The van der Waals surface area contributed by atoms with Crippen LogP contribution in [0.4, 0.5) is 5.82 Å². The van der Waals surface area contributed by atoms with Crippen LogP contribution >= 0.6 is 0 Å². The van der Waals surface area contributed by atoms with E-state index in [9.17, 15) is 0 Å². The summed E-state index contributed by atoms with van der Waals surface area (Å²) < 4.78 is 0. The Bertz CT molecular complexity index is 541. The molecule has 0 fully saturated rings. The molecular formula is C14H19N5. The summed E-state index contributed by atoms with van der Waals surface area (Å²) in [6.07, 6.45) is 4.36. The SMILES string of the molecule is CCNC(Cc1ccnc(N)c1)c1ccnc(C)n1. The molecule has 2 heterocycles. The van der Waals surface area contributed by atoms with E-state index in [-0.39, 0.29) is 6.04 Å². The topological polar surface area (TPSA) is 76.7 Å². The molecule has 19 heavy (non-hydrogen) atoms. The minimum absolute atomic E-state index is 0.161. The van der Waals surface area contributed by atoms with Crippen molar-refractivity contribution < 1.29 is 0 Å². The van der Waals surface area contributed by atoms with Gasteiger partial charge in [-0.2, -0.15) is 0 Å². The lowest BCUT2D eigenvalue weighted by molar-refractivity contribution is 0.534. The number of aryl methyl sites for hydroxylation is 1. The summed E-state index contributed by atoms with van der Waals surface area (Å²) in [6, 6.07) is 5.99. The summed E-state index contributed by atoms with van der Waals surface area (Å²) in [6.45, 7) is 4.87. The largest absolute Gasteiger partial charge is 0.384 e. The highest BCUT2D eigenvalue weighted by atomic mass is 15.0. The number of pyridine rings is 1. The van der Waals surface area contributed by atoms with Crippen molar-refractivity contribution in [3.8, 4) is 0 Å². The molecule has 2 aromatic heterocycles. The first-order valence-corrected chi connectivity index (χ1v) is 6.42. The maximum atomic E-state index is 5.71. The second kappa shape index (κ2) is 6.24. The van der Waals surface area contributed by atoms with Gasteiger partial charge in [-0.05, 0) is 43.7 Å². The number of hydrogen-bond donors (Lipinski definition) is 2. The van der Waals surface area contributed by atoms with Gasteiger partial charge in [0.1, 0.15) is 11.6 Å². The predicted octanol–water partition coefficient (Wildman–Crippen LogP) is 1.66. The number of nitrogen functional groups attached to an aromatic ring is 1. The van der Waals surface area contributed by atoms with E-state index in [1.54, 1.807) is 12.4 Å². The van der Waals surface area contributed by atoms with Crippen molar-refractivity contribution in [1.29, 1.82) is 0 Å². The number of anilines is 1. The molecule has 0 aromatic carbocycles. The zero-order chi connectivity index (χ0) is 13.7. The molecule has 0 spiro atoms. The quantitative estimate of drug-likeness (QED) is 0.851. The lowest BCUT2D eigenvalue weighted by atomic mass is 10.0. The highest BCUT2D eigenvalue weighted by molar-refractivity contribution is 5.32. The normalized spacial score (nSPS) is 12.3. The number of nitrogens with one attached hydrogen (secondary N) is 1. The Kier molecular flexibility index (Phi) is 4.41. The molecule has 0 aliphatic rings. The summed E-state index contributed by atoms with van der Waals surface area (Å²) in [5.74, 6) is 1.33. The third kappa shape index (κ3) is 3.72. The van der Waals surface area contributed by atoms with Crippen LogP contribution in [0.1, 0.15) is 30.0 Å². The molecular weight excluding hydrogens is 238 g/mol. The van der Waals surface area contributed by atoms with E-state index >= 15 is 0 Å². The Hall–Kier alpha value is -2.01. The average molecular weight is 257 g/mol. The lowest BCUT2D eigenvalue weighted by Gasteiger charge is -2.17. The van der Waals surface area contributed by atoms with E-state index in [4.69, 9.17) is 5.73 Å². The van der Waals surface area contributed by atoms with Crippen molar-refractivity contribution in [2.24, 2.45) is 0 Å². The molecule has 1 atom stereocenters. The standard InChI is InChI=1S/C14H19N5/c1-3-16-13(12-5-7-17-10(2)19-12)8-11-4-6-18-14(15)9-11/h4-7,9,13,16H,3,8H2,1-2H3,(H2,15,18). The maximum Gasteiger partial charge on any atom is 0.125 e.